The zero-order valence-electron chi connectivity index (χ0n) is 14.8. The summed E-state index contributed by atoms with van der Waals surface area (Å²) in [6.07, 6.45) is 3.00. The molecule has 4 heterocycles. The molecule has 0 aromatic carbocycles. The Balaban J connectivity index is 1.72. The number of fused-ring (bicyclic) bond motifs is 3. The molecule has 12 nitrogen and oxygen atoms in total. The lowest BCUT2D eigenvalue weighted by Gasteiger charge is -2.04. The largest absolute Gasteiger partial charge is 0.468 e. The van der Waals surface area contributed by atoms with E-state index in [1.54, 1.807) is 19.4 Å². The van der Waals surface area contributed by atoms with Crippen molar-refractivity contribution >= 4 is 34.4 Å². The molecule has 0 atom stereocenters. The molecule has 0 saturated heterocycles. The Morgan fingerprint density at radius 3 is 2.96 bits per heavy atom. The van der Waals surface area contributed by atoms with Crippen LogP contribution in [0.3, 0.4) is 0 Å². The highest BCUT2D eigenvalue weighted by atomic mass is 32.2. The summed E-state index contributed by atoms with van der Waals surface area (Å²) < 4.78 is 12.4. The number of pyridine rings is 1. The fourth-order valence-corrected chi connectivity index (χ4v) is 3.14. The van der Waals surface area contributed by atoms with E-state index >= 15 is 0 Å². The number of hydrogen-bond acceptors (Lipinski definition) is 10. The van der Waals surface area contributed by atoms with Crippen LogP contribution in [0.2, 0.25) is 0 Å². The van der Waals surface area contributed by atoms with Crippen LogP contribution in [0.15, 0.2) is 28.4 Å². The molecule has 0 amide bonds. The van der Waals surface area contributed by atoms with Crippen molar-refractivity contribution in [1.82, 2.24) is 39.3 Å². The van der Waals surface area contributed by atoms with Gasteiger partial charge >= 0.3 is 5.97 Å². The predicted octanol–water partition coefficient (Wildman–Crippen LogP) is -0.0420. The van der Waals surface area contributed by atoms with Crippen LogP contribution in [-0.4, -0.2) is 65.3 Å². The first kappa shape index (κ1) is 18.1. The fourth-order valence-electron chi connectivity index (χ4n) is 2.51. The van der Waals surface area contributed by atoms with Gasteiger partial charge in [-0.15, -0.1) is 10.2 Å². The second kappa shape index (κ2) is 7.36. The standard InChI is InChI=1S/C15H14N8O4S/c1-26-6-10-17-13-16-5-8-9(23(13)21-10)3-4-22(12(8)25)14-18-15(20-19-14)28-7-11(24)27-2/h3-5H,6-7H2,1-2H3,(H,18,19,20). The zero-order valence-corrected chi connectivity index (χ0v) is 15.6. The van der Waals surface area contributed by atoms with E-state index in [9.17, 15) is 9.59 Å². The summed E-state index contributed by atoms with van der Waals surface area (Å²) in [4.78, 5) is 36.8. The van der Waals surface area contributed by atoms with Gasteiger partial charge in [0.15, 0.2) is 5.82 Å². The molecule has 13 heteroatoms. The van der Waals surface area contributed by atoms with Gasteiger partial charge in [0.05, 0.1) is 23.8 Å². The van der Waals surface area contributed by atoms with Crippen molar-refractivity contribution in [1.29, 1.82) is 0 Å². The Labute approximate surface area is 160 Å². The molecule has 4 aromatic heterocycles. The first-order valence-corrected chi connectivity index (χ1v) is 8.96. The average Bonchev–Trinajstić information content (AvgIpc) is 3.33. The SMILES string of the molecule is COCc1nc2ncc3c(=O)n(-c4nc(SCC(=O)OC)n[nH]4)ccc3n2n1. The van der Waals surface area contributed by atoms with Crippen molar-refractivity contribution in [3.05, 3.63) is 34.6 Å². The smallest absolute Gasteiger partial charge is 0.316 e. The zero-order chi connectivity index (χ0) is 19.7. The first-order valence-electron chi connectivity index (χ1n) is 7.98. The lowest BCUT2D eigenvalue weighted by Crippen LogP contribution is -2.20. The second-order valence-corrected chi connectivity index (χ2v) is 6.47. The van der Waals surface area contributed by atoms with Crippen molar-refractivity contribution in [3.8, 4) is 5.95 Å². The van der Waals surface area contributed by atoms with Crippen LogP contribution >= 0.6 is 11.8 Å². The minimum atomic E-state index is -0.394. The molecule has 0 saturated carbocycles. The summed E-state index contributed by atoms with van der Waals surface area (Å²) in [5.41, 5.74) is 0.206. The summed E-state index contributed by atoms with van der Waals surface area (Å²) in [5, 5.41) is 11.7. The van der Waals surface area contributed by atoms with E-state index in [4.69, 9.17) is 4.74 Å². The van der Waals surface area contributed by atoms with Crippen molar-refractivity contribution < 1.29 is 14.3 Å². The molecule has 4 rings (SSSR count). The minimum Gasteiger partial charge on any atom is -0.468 e. The minimum absolute atomic E-state index is 0.0679. The number of nitrogens with one attached hydrogen (secondary N) is 1. The molecular weight excluding hydrogens is 388 g/mol. The Morgan fingerprint density at radius 1 is 1.32 bits per heavy atom. The highest BCUT2D eigenvalue weighted by Gasteiger charge is 2.14. The van der Waals surface area contributed by atoms with Gasteiger partial charge in [-0.3, -0.25) is 14.2 Å². The Kier molecular flexibility index (Phi) is 4.75. The third-order valence-corrected chi connectivity index (χ3v) is 4.60. The van der Waals surface area contributed by atoms with E-state index in [1.165, 1.54) is 22.4 Å². The Bertz CT molecular complexity index is 1230. The molecule has 28 heavy (non-hydrogen) atoms. The lowest BCUT2D eigenvalue weighted by atomic mass is 10.3. The molecule has 0 aliphatic heterocycles. The summed E-state index contributed by atoms with van der Waals surface area (Å²) in [5.74, 6) is 0.735. The van der Waals surface area contributed by atoms with Gasteiger partial charge in [0.1, 0.15) is 6.61 Å². The normalized spacial score (nSPS) is 11.4. The van der Waals surface area contributed by atoms with Crippen LogP contribution in [0.5, 0.6) is 0 Å². The molecule has 0 fully saturated rings. The maximum atomic E-state index is 12.9. The van der Waals surface area contributed by atoms with E-state index in [2.05, 4.69) is 35.0 Å². The Hall–Kier alpha value is -3.32. The number of aromatic nitrogens is 8. The summed E-state index contributed by atoms with van der Waals surface area (Å²) in [6.45, 7) is 0.242. The molecule has 0 unspecified atom stereocenters. The maximum absolute atomic E-state index is 12.9. The summed E-state index contributed by atoms with van der Waals surface area (Å²) in [6, 6.07) is 1.71. The van der Waals surface area contributed by atoms with Gasteiger partial charge in [0, 0.05) is 19.5 Å². The van der Waals surface area contributed by atoms with E-state index < -0.39 is 5.97 Å². The van der Waals surface area contributed by atoms with E-state index in [-0.39, 0.29) is 23.9 Å². The third-order valence-electron chi connectivity index (χ3n) is 3.78. The number of methoxy groups -OCH3 is 2. The van der Waals surface area contributed by atoms with Gasteiger partial charge in [-0.2, -0.15) is 14.5 Å². The van der Waals surface area contributed by atoms with Crippen LogP contribution in [-0.2, 0) is 20.9 Å². The van der Waals surface area contributed by atoms with E-state index in [0.29, 0.717) is 27.7 Å². The van der Waals surface area contributed by atoms with E-state index in [1.807, 2.05) is 0 Å². The monoisotopic (exact) mass is 402 g/mol. The number of carbonyl (C=O) groups is 1. The lowest BCUT2D eigenvalue weighted by molar-refractivity contribution is -0.137. The molecule has 0 bridgehead atoms. The molecule has 1 N–H and O–H groups in total. The Morgan fingerprint density at radius 2 is 2.18 bits per heavy atom. The van der Waals surface area contributed by atoms with Gasteiger partial charge in [-0.25, -0.2) is 10.1 Å². The van der Waals surface area contributed by atoms with Crippen LogP contribution in [0.25, 0.3) is 22.6 Å². The number of thioether (sulfide) groups is 1. The van der Waals surface area contributed by atoms with Crippen LogP contribution in [0, 0.1) is 0 Å². The third kappa shape index (κ3) is 3.20. The molecule has 0 spiro atoms. The number of hydrogen-bond donors (Lipinski definition) is 1. The molecule has 0 radical (unpaired) electrons. The fraction of sp³-hybridized carbons (Fsp3) is 0.267. The van der Waals surface area contributed by atoms with Crippen molar-refractivity contribution in [2.45, 2.75) is 11.8 Å². The molecule has 4 aromatic rings. The van der Waals surface area contributed by atoms with Crippen molar-refractivity contribution in [2.24, 2.45) is 0 Å². The van der Waals surface area contributed by atoms with Gasteiger partial charge in [0.25, 0.3) is 11.3 Å². The van der Waals surface area contributed by atoms with E-state index in [0.717, 1.165) is 11.8 Å². The summed E-state index contributed by atoms with van der Waals surface area (Å²) in [7, 11) is 2.85. The number of nitrogens with zero attached hydrogens (tertiary/aromatic N) is 7. The number of rotatable bonds is 6. The molecule has 0 aliphatic carbocycles. The van der Waals surface area contributed by atoms with Crippen LogP contribution < -0.4 is 5.56 Å². The number of H-pyrrole nitrogens is 1. The van der Waals surface area contributed by atoms with Crippen molar-refractivity contribution in [2.75, 3.05) is 20.0 Å². The van der Waals surface area contributed by atoms with Gasteiger partial charge in [0.2, 0.25) is 11.1 Å². The second-order valence-electron chi connectivity index (χ2n) is 5.53. The number of aromatic amines is 1. The van der Waals surface area contributed by atoms with Gasteiger partial charge in [-0.1, -0.05) is 11.8 Å². The average molecular weight is 402 g/mol. The molecular formula is C15H14N8O4S. The van der Waals surface area contributed by atoms with Crippen LogP contribution in [0.1, 0.15) is 5.82 Å². The van der Waals surface area contributed by atoms with Gasteiger partial charge < -0.3 is 9.47 Å². The molecule has 0 aliphatic rings. The van der Waals surface area contributed by atoms with Gasteiger partial charge in [-0.05, 0) is 6.07 Å². The van der Waals surface area contributed by atoms with Crippen molar-refractivity contribution in [3.63, 3.8) is 0 Å². The topological polar surface area (TPSA) is 142 Å². The van der Waals surface area contributed by atoms with Crippen LogP contribution in [0.4, 0.5) is 0 Å². The maximum Gasteiger partial charge on any atom is 0.316 e. The quantitative estimate of drug-likeness (QED) is 0.345. The molecule has 144 valence electrons. The highest BCUT2D eigenvalue weighted by Crippen LogP contribution is 2.15. The highest BCUT2D eigenvalue weighted by molar-refractivity contribution is 7.99. The predicted molar refractivity (Wildman–Crippen MR) is 97.3 cm³/mol. The number of ether oxygens (including phenoxy) is 2. The summed E-state index contributed by atoms with van der Waals surface area (Å²) >= 11 is 1.10. The number of esters is 1. The first-order chi connectivity index (χ1) is 13.6. The number of carbonyl (C=O) groups excluding carboxylic acids is 1.